The Bertz CT molecular complexity index is 1500. The monoisotopic (exact) mass is 605 g/mol. The van der Waals surface area contributed by atoms with Gasteiger partial charge in [-0.25, -0.2) is 13.1 Å². The van der Waals surface area contributed by atoms with Gasteiger partial charge in [-0.2, -0.15) is 0 Å². The minimum absolute atomic E-state index is 0.0153. The fourth-order valence-electron chi connectivity index (χ4n) is 7.02. The molecule has 2 fully saturated rings. The van der Waals surface area contributed by atoms with Crippen molar-refractivity contribution in [1.29, 1.82) is 0 Å². The lowest BCUT2D eigenvalue weighted by Crippen LogP contribution is -2.46. The first-order valence-corrected chi connectivity index (χ1v) is 17.1. The Morgan fingerprint density at radius 3 is 2.42 bits per heavy atom. The van der Waals surface area contributed by atoms with Crippen LogP contribution in [0, 0.1) is 17.8 Å². The molecule has 5 aliphatic rings. The molecule has 0 bridgehead atoms. The topological polar surface area (TPSA) is 96.0 Å². The minimum Gasteiger partial charge on any atom is -0.378 e. The molecule has 2 amide bonds. The summed E-state index contributed by atoms with van der Waals surface area (Å²) in [6, 6.07) is 5.55. The van der Waals surface area contributed by atoms with Crippen LogP contribution in [0.3, 0.4) is 0 Å². The van der Waals surface area contributed by atoms with Crippen molar-refractivity contribution in [2.45, 2.75) is 63.7 Å². The number of hydrogen-bond acceptors (Lipinski definition) is 6. The number of allylic oxidation sites excluding steroid dienone is 5. The third kappa shape index (κ3) is 5.86. The second-order valence-electron chi connectivity index (χ2n) is 13.4. The molecule has 2 aliphatic carbocycles. The Balaban J connectivity index is 1.43. The van der Waals surface area contributed by atoms with E-state index in [0.29, 0.717) is 44.3 Å². The van der Waals surface area contributed by atoms with Gasteiger partial charge in [0, 0.05) is 53.9 Å². The molecule has 8 nitrogen and oxygen atoms in total. The van der Waals surface area contributed by atoms with Gasteiger partial charge in [-0.15, -0.1) is 0 Å². The Morgan fingerprint density at radius 1 is 0.977 bits per heavy atom. The Labute approximate surface area is 255 Å². The molecule has 0 aromatic heterocycles. The number of carbonyl (C=O) groups is 2. The zero-order valence-electron chi connectivity index (χ0n) is 25.4. The highest BCUT2D eigenvalue weighted by Crippen LogP contribution is 2.47. The molecule has 1 N–H and O–H groups in total. The van der Waals surface area contributed by atoms with Gasteiger partial charge in [-0.05, 0) is 57.2 Å². The quantitative estimate of drug-likeness (QED) is 0.527. The number of sulfonamides is 1. The summed E-state index contributed by atoms with van der Waals surface area (Å²) in [5, 5.41) is 0. The van der Waals surface area contributed by atoms with Crippen LogP contribution in [-0.2, 0) is 19.6 Å². The summed E-state index contributed by atoms with van der Waals surface area (Å²) in [5.41, 5.74) is 4.31. The number of hydrogen-bond donors (Lipinski definition) is 1. The molecule has 0 radical (unpaired) electrons. The minimum atomic E-state index is -3.88. The van der Waals surface area contributed by atoms with Crippen LogP contribution >= 0.6 is 0 Å². The maximum atomic E-state index is 13.9. The molecule has 230 valence electrons. The number of carbonyl (C=O) groups excluding carboxylic acids is 2. The molecule has 3 unspecified atom stereocenters. The fraction of sp³-hybridized carbons (Fsp3) is 0.529. The first-order valence-electron chi connectivity index (χ1n) is 15.7. The zero-order chi connectivity index (χ0) is 30.4. The van der Waals surface area contributed by atoms with Crippen LogP contribution in [0.15, 0.2) is 60.2 Å². The van der Waals surface area contributed by atoms with Crippen molar-refractivity contribution < 1.29 is 22.7 Å². The van der Waals surface area contributed by atoms with Crippen LogP contribution in [-0.4, -0.2) is 68.8 Å². The van der Waals surface area contributed by atoms with Crippen LogP contribution in [0.5, 0.6) is 0 Å². The average molecular weight is 606 g/mol. The lowest BCUT2D eigenvalue weighted by atomic mass is 9.74. The molecule has 43 heavy (non-hydrogen) atoms. The van der Waals surface area contributed by atoms with Crippen LogP contribution < -0.4 is 9.62 Å². The predicted molar refractivity (Wildman–Crippen MR) is 169 cm³/mol. The first-order chi connectivity index (χ1) is 20.5. The van der Waals surface area contributed by atoms with Crippen LogP contribution in [0.25, 0.3) is 5.57 Å². The van der Waals surface area contributed by atoms with Gasteiger partial charge in [0.25, 0.3) is 11.8 Å². The second kappa shape index (κ2) is 11.7. The van der Waals surface area contributed by atoms with Gasteiger partial charge in [0.1, 0.15) is 0 Å². The van der Waals surface area contributed by atoms with Crippen molar-refractivity contribution in [2.75, 3.05) is 37.7 Å². The van der Waals surface area contributed by atoms with E-state index in [9.17, 15) is 18.0 Å². The molecule has 3 heterocycles. The number of rotatable bonds is 4. The van der Waals surface area contributed by atoms with Gasteiger partial charge in [0.2, 0.25) is 10.0 Å². The highest BCUT2D eigenvalue weighted by molar-refractivity contribution is 7.91. The maximum Gasteiger partial charge on any atom is 0.264 e. The van der Waals surface area contributed by atoms with E-state index in [1.54, 1.807) is 26.8 Å². The predicted octanol–water partition coefficient (Wildman–Crippen LogP) is 4.85. The van der Waals surface area contributed by atoms with Crippen molar-refractivity contribution in [2.24, 2.45) is 17.8 Å². The van der Waals surface area contributed by atoms with Crippen molar-refractivity contribution in [3.63, 3.8) is 0 Å². The second-order valence-corrected chi connectivity index (χ2v) is 15.8. The Hall–Kier alpha value is -3.17. The molecule has 3 aliphatic heterocycles. The van der Waals surface area contributed by atoms with Crippen molar-refractivity contribution in [3.8, 4) is 0 Å². The molecule has 6 rings (SSSR count). The van der Waals surface area contributed by atoms with Crippen molar-refractivity contribution >= 4 is 33.1 Å². The van der Waals surface area contributed by atoms with Gasteiger partial charge in [-0.1, -0.05) is 61.8 Å². The number of morpholine rings is 1. The number of nitrogens with one attached hydrogen (secondary N) is 1. The molecular formula is C34H43N3O5S. The Kier molecular flexibility index (Phi) is 8.15. The van der Waals surface area contributed by atoms with E-state index in [2.05, 4.69) is 46.1 Å². The van der Waals surface area contributed by atoms with Crippen LogP contribution in [0.1, 0.15) is 68.8 Å². The summed E-state index contributed by atoms with van der Waals surface area (Å²) in [4.78, 5) is 31.4. The third-order valence-corrected chi connectivity index (χ3v) is 11.7. The number of benzene rings is 1. The van der Waals surface area contributed by atoms with Crippen molar-refractivity contribution in [1.82, 2.24) is 9.62 Å². The van der Waals surface area contributed by atoms with Crippen LogP contribution in [0.4, 0.5) is 5.69 Å². The standard InChI is InChI=1S/C34H43N3O5S/c1-34(2,3)43(40,41)35-32(38)25-13-14-28-29(23-9-5-4-6-10-23)21-31-27-12-8-7-11-24(27)19-26(22-37(31)30(28)20-25)33(39)36-15-17-42-18-16-36/h7-8,11-14,19-21,23-24,27,31H,4-6,9-10,15-18,22H2,1-3H3,(H,35,38). The normalized spacial score (nSPS) is 26.0. The van der Waals surface area contributed by atoms with E-state index in [-0.39, 0.29) is 23.8 Å². The number of amides is 2. The lowest BCUT2D eigenvalue weighted by molar-refractivity contribution is -0.131. The van der Waals surface area contributed by atoms with Gasteiger partial charge >= 0.3 is 0 Å². The van der Waals surface area contributed by atoms with E-state index < -0.39 is 20.7 Å². The summed E-state index contributed by atoms with van der Waals surface area (Å²) in [6.45, 7) is 7.32. The summed E-state index contributed by atoms with van der Waals surface area (Å²) in [6.07, 6.45) is 19.1. The molecular weight excluding hydrogens is 562 g/mol. The van der Waals surface area contributed by atoms with Gasteiger partial charge in [0.15, 0.2) is 0 Å². The number of nitrogens with zero attached hydrogens (tertiary/aromatic N) is 2. The first kappa shape index (κ1) is 29.9. The zero-order valence-corrected chi connectivity index (χ0v) is 26.2. The van der Waals surface area contributed by atoms with Crippen LogP contribution in [0.2, 0.25) is 0 Å². The van der Waals surface area contributed by atoms with Gasteiger partial charge in [-0.3, -0.25) is 9.59 Å². The molecule has 1 saturated carbocycles. The molecule has 1 saturated heterocycles. The van der Waals surface area contributed by atoms with E-state index in [1.165, 1.54) is 24.8 Å². The molecule has 9 heteroatoms. The van der Waals surface area contributed by atoms with E-state index in [4.69, 9.17) is 4.74 Å². The highest BCUT2D eigenvalue weighted by atomic mass is 32.2. The van der Waals surface area contributed by atoms with Gasteiger partial charge < -0.3 is 14.5 Å². The summed E-state index contributed by atoms with van der Waals surface area (Å²) in [7, 11) is -3.88. The number of fused-ring (bicyclic) bond motifs is 5. The summed E-state index contributed by atoms with van der Waals surface area (Å²) in [5.74, 6) is -0.00191. The third-order valence-electron chi connectivity index (χ3n) is 9.59. The smallest absolute Gasteiger partial charge is 0.264 e. The van der Waals surface area contributed by atoms with E-state index >= 15 is 0 Å². The Morgan fingerprint density at radius 2 is 1.70 bits per heavy atom. The maximum absolute atomic E-state index is 13.9. The largest absolute Gasteiger partial charge is 0.378 e. The average Bonchev–Trinajstić information content (AvgIpc) is 3.17. The summed E-state index contributed by atoms with van der Waals surface area (Å²) >= 11 is 0. The lowest BCUT2D eigenvalue weighted by Gasteiger charge is -2.43. The summed E-state index contributed by atoms with van der Waals surface area (Å²) < 4.78 is 32.4. The van der Waals surface area contributed by atoms with Gasteiger partial charge in [0.05, 0.1) is 24.0 Å². The number of anilines is 1. The molecule has 1 aromatic rings. The number of ether oxygens (including phenoxy) is 1. The molecule has 1 aromatic carbocycles. The van der Waals surface area contributed by atoms with Crippen molar-refractivity contribution in [3.05, 3.63) is 71.4 Å². The van der Waals surface area contributed by atoms with E-state index in [0.717, 1.165) is 29.7 Å². The fourth-order valence-corrected chi connectivity index (χ4v) is 7.69. The molecule has 0 spiro atoms. The SMILES string of the molecule is CC(C)(C)S(=O)(=O)NC(=O)c1ccc2c(c1)N1CC(C(=O)N3CCOCC3)=CC3C=CC=CC3C1C=C2C1CCCCC1. The van der Waals surface area contributed by atoms with E-state index in [1.807, 2.05) is 17.0 Å². The highest BCUT2D eigenvalue weighted by Gasteiger charge is 2.40. The molecule has 3 atom stereocenters.